The summed E-state index contributed by atoms with van der Waals surface area (Å²) < 4.78 is 0. The minimum absolute atomic E-state index is 0.0847. The number of carbonyl (C=O) groups excluding carboxylic acids is 3. The molecule has 5 atom stereocenters. The van der Waals surface area contributed by atoms with Gasteiger partial charge in [0.25, 0.3) is 0 Å². The van der Waals surface area contributed by atoms with Gasteiger partial charge in [-0.1, -0.05) is 48.0 Å². The van der Waals surface area contributed by atoms with Gasteiger partial charge in [-0.25, -0.2) is 4.79 Å². The summed E-state index contributed by atoms with van der Waals surface area (Å²) in [6, 6.07) is -3.89. The van der Waals surface area contributed by atoms with Gasteiger partial charge in [0.2, 0.25) is 17.7 Å². The lowest BCUT2D eigenvalue weighted by molar-refractivity contribution is -0.144. The van der Waals surface area contributed by atoms with Gasteiger partial charge < -0.3 is 38.3 Å². The Morgan fingerprint density at radius 2 is 1.38 bits per heavy atom. The number of carboxylic acids is 1. The van der Waals surface area contributed by atoms with E-state index in [9.17, 15) is 24.3 Å². The summed E-state index contributed by atoms with van der Waals surface area (Å²) in [7, 11) is 0. The number of amides is 3. The van der Waals surface area contributed by atoms with Crippen molar-refractivity contribution in [3.8, 4) is 0 Å². The van der Waals surface area contributed by atoms with Gasteiger partial charge >= 0.3 is 5.97 Å². The smallest absolute Gasteiger partial charge is 0.326 e. The van der Waals surface area contributed by atoms with Gasteiger partial charge in [0.1, 0.15) is 18.1 Å². The van der Waals surface area contributed by atoms with Crippen LogP contribution in [0.25, 0.3) is 0 Å². The molecule has 12 heteroatoms. The van der Waals surface area contributed by atoms with Crippen molar-refractivity contribution in [3.63, 3.8) is 0 Å². The highest BCUT2D eigenvalue weighted by molar-refractivity contribution is 5.94. The predicted octanol–water partition coefficient (Wildman–Crippen LogP) is -0.736. The summed E-state index contributed by atoms with van der Waals surface area (Å²) in [6.45, 7) is 10.8. The van der Waals surface area contributed by atoms with Crippen LogP contribution in [0.2, 0.25) is 0 Å². The number of aliphatic carboxylic acids is 1. The molecule has 5 unspecified atom stereocenters. The fourth-order valence-electron chi connectivity index (χ4n) is 3.10. The minimum Gasteiger partial charge on any atom is -0.480 e. The standard InChI is InChI=1S/C22H43N7O5/c1-7-13(6)15(23)19(31)27-14(9-8-10-26-22(24)25)18(30)28-16(11(2)3)20(32)29-17(12(4)5)21(33)34/h11-17H,7-10,23H2,1-6H3,(H,27,31)(H,28,30)(H,29,32)(H,33,34)(H4,24,25,26). The highest BCUT2D eigenvalue weighted by Gasteiger charge is 2.33. The van der Waals surface area contributed by atoms with Gasteiger partial charge in [0, 0.05) is 6.54 Å². The van der Waals surface area contributed by atoms with Crippen molar-refractivity contribution < 1.29 is 24.3 Å². The average Bonchev–Trinajstić information content (AvgIpc) is 2.75. The molecule has 0 bridgehead atoms. The molecule has 0 saturated carbocycles. The van der Waals surface area contributed by atoms with E-state index in [4.69, 9.17) is 17.2 Å². The number of nitrogens with two attached hydrogens (primary N) is 3. The molecule has 0 aromatic rings. The Morgan fingerprint density at radius 1 is 0.853 bits per heavy atom. The van der Waals surface area contributed by atoms with Gasteiger partial charge in [-0.3, -0.25) is 19.4 Å². The number of carbonyl (C=O) groups is 4. The molecule has 196 valence electrons. The zero-order valence-corrected chi connectivity index (χ0v) is 21.1. The molecule has 0 heterocycles. The van der Waals surface area contributed by atoms with Crippen molar-refractivity contribution >= 4 is 29.7 Å². The third-order valence-electron chi connectivity index (χ3n) is 5.62. The predicted molar refractivity (Wildman–Crippen MR) is 130 cm³/mol. The van der Waals surface area contributed by atoms with Crippen LogP contribution in [-0.4, -0.2) is 65.5 Å². The molecule has 0 spiro atoms. The van der Waals surface area contributed by atoms with Gasteiger partial charge in [-0.2, -0.15) is 0 Å². The first kappa shape index (κ1) is 31.1. The Kier molecular flexibility index (Phi) is 13.8. The number of aliphatic imine (C=N–C) groups is 1. The minimum atomic E-state index is -1.17. The van der Waals surface area contributed by atoms with Crippen LogP contribution in [0.5, 0.6) is 0 Å². The number of nitrogens with one attached hydrogen (secondary N) is 3. The molecular formula is C22H43N7O5. The van der Waals surface area contributed by atoms with E-state index in [1.807, 2.05) is 13.8 Å². The summed E-state index contributed by atoms with van der Waals surface area (Å²) in [5, 5.41) is 17.2. The summed E-state index contributed by atoms with van der Waals surface area (Å²) in [5.41, 5.74) is 16.7. The highest BCUT2D eigenvalue weighted by atomic mass is 16.4. The average molecular weight is 486 g/mol. The van der Waals surface area contributed by atoms with E-state index in [0.29, 0.717) is 12.8 Å². The molecule has 34 heavy (non-hydrogen) atoms. The first-order valence-corrected chi connectivity index (χ1v) is 11.7. The third kappa shape index (κ3) is 10.8. The molecule has 10 N–H and O–H groups in total. The van der Waals surface area contributed by atoms with Gasteiger partial charge in [0.15, 0.2) is 5.96 Å². The number of guanidine groups is 1. The Labute approximate surface area is 201 Å². The van der Waals surface area contributed by atoms with Crippen molar-refractivity contribution in [2.45, 2.75) is 85.0 Å². The number of nitrogens with zero attached hydrogens (tertiary/aromatic N) is 1. The van der Waals surface area contributed by atoms with Crippen molar-refractivity contribution in [1.29, 1.82) is 0 Å². The van der Waals surface area contributed by atoms with Crippen LogP contribution in [0, 0.1) is 17.8 Å². The summed E-state index contributed by atoms with van der Waals surface area (Å²) in [4.78, 5) is 53.9. The summed E-state index contributed by atoms with van der Waals surface area (Å²) in [5.74, 6) is -3.72. The van der Waals surface area contributed by atoms with Crippen LogP contribution in [0.3, 0.4) is 0 Å². The van der Waals surface area contributed by atoms with Gasteiger partial charge in [-0.15, -0.1) is 0 Å². The van der Waals surface area contributed by atoms with Gasteiger partial charge in [0.05, 0.1) is 6.04 Å². The topological polar surface area (TPSA) is 215 Å². The van der Waals surface area contributed by atoms with E-state index in [1.165, 1.54) is 0 Å². The van der Waals surface area contributed by atoms with E-state index in [1.54, 1.807) is 27.7 Å². The first-order chi connectivity index (χ1) is 15.7. The zero-order valence-electron chi connectivity index (χ0n) is 21.1. The van der Waals surface area contributed by atoms with Crippen LogP contribution in [0.15, 0.2) is 4.99 Å². The second-order valence-electron chi connectivity index (χ2n) is 9.22. The number of hydrogen-bond donors (Lipinski definition) is 7. The van der Waals surface area contributed by atoms with E-state index in [-0.39, 0.29) is 36.7 Å². The lowest BCUT2D eigenvalue weighted by Gasteiger charge is -2.28. The molecule has 0 aliphatic carbocycles. The van der Waals surface area contributed by atoms with E-state index in [0.717, 1.165) is 0 Å². The molecule has 0 aromatic carbocycles. The number of rotatable bonds is 15. The van der Waals surface area contributed by atoms with E-state index in [2.05, 4.69) is 20.9 Å². The molecule has 0 aliphatic heterocycles. The molecular weight excluding hydrogens is 442 g/mol. The van der Waals surface area contributed by atoms with Crippen LogP contribution in [0.4, 0.5) is 0 Å². The SMILES string of the molecule is CCC(C)C(N)C(=O)NC(CCCN=C(N)N)C(=O)NC(C(=O)NC(C(=O)O)C(C)C)C(C)C. The quantitative estimate of drug-likeness (QED) is 0.0888. The van der Waals surface area contributed by atoms with E-state index < -0.39 is 47.9 Å². The monoisotopic (exact) mass is 485 g/mol. The zero-order chi connectivity index (χ0) is 26.6. The lowest BCUT2D eigenvalue weighted by atomic mass is 9.98. The fraction of sp³-hybridized carbons (Fsp3) is 0.773. The Bertz CT molecular complexity index is 722. The van der Waals surface area contributed by atoms with Crippen LogP contribution >= 0.6 is 0 Å². The third-order valence-corrected chi connectivity index (χ3v) is 5.62. The van der Waals surface area contributed by atoms with Crippen molar-refractivity contribution in [2.75, 3.05) is 6.54 Å². The Morgan fingerprint density at radius 3 is 1.82 bits per heavy atom. The first-order valence-electron chi connectivity index (χ1n) is 11.7. The second kappa shape index (κ2) is 15.1. The largest absolute Gasteiger partial charge is 0.480 e. The van der Waals surface area contributed by atoms with Crippen LogP contribution in [0.1, 0.15) is 60.8 Å². The molecule has 0 saturated heterocycles. The van der Waals surface area contributed by atoms with Crippen LogP contribution < -0.4 is 33.2 Å². The Balaban J connectivity index is 5.56. The molecule has 0 rings (SSSR count). The van der Waals surface area contributed by atoms with Crippen molar-refractivity contribution in [2.24, 2.45) is 39.9 Å². The molecule has 0 fully saturated rings. The number of carboxylic acid groups (broad SMARTS) is 1. The molecule has 12 nitrogen and oxygen atoms in total. The normalized spacial score (nSPS) is 15.6. The maximum atomic E-state index is 13.1. The molecule has 0 aliphatic rings. The molecule has 0 aromatic heterocycles. The summed E-state index contributed by atoms with van der Waals surface area (Å²) in [6.07, 6.45) is 1.28. The summed E-state index contributed by atoms with van der Waals surface area (Å²) >= 11 is 0. The van der Waals surface area contributed by atoms with Crippen molar-refractivity contribution in [3.05, 3.63) is 0 Å². The molecule has 0 radical (unpaired) electrons. The molecule has 3 amide bonds. The Hall–Kier alpha value is -2.89. The van der Waals surface area contributed by atoms with Crippen molar-refractivity contribution in [1.82, 2.24) is 16.0 Å². The number of hydrogen-bond acceptors (Lipinski definition) is 6. The lowest BCUT2D eigenvalue weighted by Crippen LogP contribution is -2.59. The maximum Gasteiger partial charge on any atom is 0.326 e. The van der Waals surface area contributed by atoms with Gasteiger partial charge in [-0.05, 0) is 30.6 Å². The fourth-order valence-corrected chi connectivity index (χ4v) is 3.10. The second-order valence-corrected chi connectivity index (χ2v) is 9.22. The van der Waals surface area contributed by atoms with Crippen LogP contribution in [-0.2, 0) is 19.2 Å². The van der Waals surface area contributed by atoms with E-state index >= 15 is 0 Å². The highest BCUT2D eigenvalue weighted by Crippen LogP contribution is 2.10. The maximum absolute atomic E-state index is 13.1.